The van der Waals surface area contributed by atoms with Gasteiger partial charge in [0.25, 0.3) is 5.69 Å². The monoisotopic (exact) mass is 395 g/mol. The van der Waals surface area contributed by atoms with E-state index in [-0.39, 0.29) is 18.0 Å². The fourth-order valence-electron chi connectivity index (χ4n) is 2.90. The van der Waals surface area contributed by atoms with Crippen molar-refractivity contribution >= 4 is 49.2 Å². The molecule has 0 radical (unpaired) electrons. The van der Waals surface area contributed by atoms with E-state index in [0.717, 1.165) is 16.9 Å². The van der Waals surface area contributed by atoms with E-state index >= 15 is 0 Å². The van der Waals surface area contributed by atoms with Gasteiger partial charge in [0.2, 0.25) is 5.91 Å². The number of carbonyl (C=O) groups excluding carboxylic acids is 1. The smallest absolute Gasteiger partial charge is 0.336 e. The zero-order chi connectivity index (χ0) is 19.8. The van der Waals surface area contributed by atoms with Crippen LogP contribution in [-0.4, -0.2) is 15.8 Å². The predicted octanol–water partition coefficient (Wildman–Crippen LogP) is 3.80. The van der Waals surface area contributed by atoms with Crippen molar-refractivity contribution < 1.29 is 14.1 Å². The summed E-state index contributed by atoms with van der Waals surface area (Å²) in [6.07, 6.45) is -0.0266. The van der Waals surface area contributed by atoms with Crippen LogP contribution in [-0.2, 0) is 11.2 Å². The first-order valence-corrected chi connectivity index (χ1v) is 9.09. The maximum atomic E-state index is 12.5. The van der Waals surface area contributed by atoms with Gasteiger partial charge in [-0.05, 0) is 30.2 Å². The van der Waals surface area contributed by atoms with Gasteiger partial charge < -0.3 is 9.73 Å². The zero-order valence-corrected chi connectivity index (χ0v) is 15.4. The maximum absolute atomic E-state index is 12.5. The third kappa shape index (κ3) is 3.47. The van der Waals surface area contributed by atoms with E-state index in [1.54, 1.807) is 6.07 Å². The van der Waals surface area contributed by atoms with Crippen LogP contribution >= 0.6 is 11.3 Å². The minimum atomic E-state index is -0.520. The van der Waals surface area contributed by atoms with Gasteiger partial charge in [-0.3, -0.25) is 14.9 Å². The number of aryl methyl sites for hydroxylation is 1. The van der Waals surface area contributed by atoms with Gasteiger partial charge in [0.05, 0.1) is 21.6 Å². The Bertz CT molecular complexity index is 1310. The second-order valence-electron chi connectivity index (χ2n) is 6.24. The molecule has 2 aromatic heterocycles. The van der Waals surface area contributed by atoms with Crippen LogP contribution in [0.25, 0.3) is 21.2 Å². The van der Waals surface area contributed by atoms with Crippen molar-refractivity contribution in [1.29, 1.82) is 0 Å². The van der Waals surface area contributed by atoms with Crippen molar-refractivity contribution in [1.82, 2.24) is 4.98 Å². The third-order valence-electron chi connectivity index (χ3n) is 4.17. The molecule has 8 nitrogen and oxygen atoms in total. The second-order valence-corrected chi connectivity index (χ2v) is 7.27. The fraction of sp³-hybridized carbons (Fsp3) is 0.105. The summed E-state index contributed by atoms with van der Waals surface area (Å²) >= 11 is 1.15. The number of hydrogen-bond donors (Lipinski definition) is 1. The van der Waals surface area contributed by atoms with Gasteiger partial charge in [-0.1, -0.05) is 23.5 Å². The van der Waals surface area contributed by atoms with Crippen LogP contribution in [0.15, 0.2) is 51.7 Å². The van der Waals surface area contributed by atoms with Crippen LogP contribution in [0.2, 0.25) is 0 Å². The number of fused-ring (bicyclic) bond motifs is 2. The summed E-state index contributed by atoms with van der Waals surface area (Å²) in [6, 6.07) is 11.1. The average Bonchev–Trinajstić information content (AvgIpc) is 3.02. The number of nitro benzene ring substituents is 1. The van der Waals surface area contributed by atoms with Crippen LogP contribution in [0.1, 0.15) is 11.1 Å². The number of benzene rings is 2. The zero-order valence-electron chi connectivity index (χ0n) is 14.6. The number of thiazole rings is 1. The van der Waals surface area contributed by atoms with E-state index in [1.165, 1.54) is 24.3 Å². The van der Waals surface area contributed by atoms with E-state index in [1.807, 2.05) is 19.1 Å². The Balaban J connectivity index is 1.60. The van der Waals surface area contributed by atoms with Gasteiger partial charge in [-0.25, -0.2) is 9.78 Å². The van der Waals surface area contributed by atoms with Crippen molar-refractivity contribution in [2.24, 2.45) is 0 Å². The molecule has 0 bridgehead atoms. The molecule has 2 heterocycles. The van der Waals surface area contributed by atoms with Crippen LogP contribution in [0.3, 0.4) is 0 Å². The van der Waals surface area contributed by atoms with Gasteiger partial charge >= 0.3 is 5.63 Å². The molecule has 140 valence electrons. The molecule has 0 atom stereocenters. The Morgan fingerprint density at radius 1 is 1.25 bits per heavy atom. The summed E-state index contributed by atoms with van der Waals surface area (Å²) in [4.78, 5) is 38.9. The van der Waals surface area contributed by atoms with Crippen molar-refractivity contribution in [3.63, 3.8) is 0 Å². The molecular formula is C19H13N3O5S. The van der Waals surface area contributed by atoms with Crippen LogP contribution in [0.5, 0.6) is 0 Å². The van der Waals surface area contributed by atoms with Gasteiger partial charge in [0, 0.05) is 23.6 Å². The van der Waals surface area contributed by atoms with E-state index in [9.17, 15) is 19.7 Å². The number of amides is 1. The van der Waals surface area contributed by atoms with Gasteiger partial charge in [0.1, 0.15) is 5.58 Å². The molecule has 9 heteroatoms. The van der Waals surface area contributed by atoms with E-state index < -0.39 is 10.5 Å². The lowest BCUT2D eigenvalue weighted by Gasteiger charge is -2.06. The van der Waals surface area contributed by atoms with Crippen LogP contribution in [0, 0.1) is 17.0 Å². The molecule has 4 rings (SSSR count). The Kier molecular flexibility index (Phi) is 4.36. The average molecular weight is 395 g/mol. The molecule has 2 aromatic carbocycles. The standard InChI is InChI=1S/C19H13N3O5S/c1-10-2-4-13-11(8-18(24)27-15(13)6-10)7-17(23)21-19-20-14-5-3-12(22(25)26)9-16(14)28-19/h2-6,8-9H,7H2,1H3,(H,20,21,23). The number of nitrogens with zero attached hydrogens (tertiary/aromatic N) is 2. The highest BCUT2D eigenvalue weighted by Gasteiger charge is 2.14. The van der Waals surface area contributed by atoms with Gasteiger partial charge in [-0.2, -0.15) is 0 Å². The second kappa shape index (κ2) is 6.86. The molecule has 0 spiro atoms. The lowest BCUT2D eigenvalue weighted by molar-refractivity contribution is -0.384. The third-order valence-corrected chi connectivity index (χ3v) is 5.10. The highest BCUT2D eigenvalue weighted by atomic mass is 32.1. The van der Waals surface area contributed by atoms with E-state index in [4.69, 9.17) is 4.42 Å². The van der Waals surface area contributed by atoms with Gasteiger partial charge in [0.15, 0.2) is 5.13 Å². The highest BCUT2D eigenvalue weighted by Crippen LogP contribution is 2.29. The molecule has 0 saturated carbocycles. The quantitative estimate of drug-likeness (QED) is 0.319. The number of non-ortho nitro benzene ring substituents is 1. The molecular weight excluding hydrogens is 382 g/mol. The molecule has 0 aliphatic rings. The number of anilines is 1. The van der Waals surface area contributed by atoms with E-state index in [0.29, 0.717) is 31.9 Å². The number of hydrogen-bond acceptors (Lipinski definition) is 7. The predicted molar refractivity (Wildman–Crippen MR) is 106 cm³/mol. The van der Waals surface area contributed by atoms with Gasteiger partial charge in [-0.15, -0.1) is 0 Å². The molecule has 4 aromatic rings. The van der Waals surface area contributed by atoms with E-state index in [2.05, 4.69) is 10.3 Å². The first-order valence-electron chi connectivity index (χ1n) is 8.27. The summed E-state index contributed by atoms with van der Waals surface area (Å²) in [5.74, 6) is -0.346. The Morgan fingerprint density at radius 2 is 2.07 bits per heavy atom. The number of rotatable bonds is 4. The molecule has 0 aliphatic heterocycles. The Hall–Kier alpha value is -3.59. The largest absolute Gasteiger partial charge is 0.423 e. The number of nitrogens with one attached hydrogen (secondary N) is 1. The number of aromatic nitrogens is 1. The normalized spacial score (nSPS) is 11.0. The lowest BCUT2D eigenvalue weighted by Crippen LogP contribution is -2.15. The molecule has 0 unspecified atom stereocenters. The molecule has 1 N–H and O–H groups in total. The summed E-state index contributed by atoms with van der Waals surface area (Å²) < 4.78 is 5.80. The maximum Gasteiger partial charge on any atom is 0.336 e. The van der Waals surface area contributed by atoms with Crippen molar-refractivity contribution in [3.8, 4) is 0 Å². The molecule has 28 heavy (non-hydrogen) atoms. The molecule has 0 saturated heterocycles. The summed E-state index contributed by atoms with van der Waals surface area (Å²) in [6.45, 7) is 1.89. The lowest BCUT2D eigenvalue weighted by atomic mass is 10.1. The van der Waals surface area contributed by atoms with Crippen molar-refractivity contribution in [2.75, 3.05) is 5.32 Å². The van der Waals surface area contributed by atoms with Crippen molar-refractivity contribution in [2.45, 2.75) is 13.3 Å². The summed E-state index contributed by atoms with van der Waals surface area (Å²) in [7, 11) is 0. The minimum absolute atomic E-state index is 0.0266. The molecule has 1 amide bonds. The topological polar surface area (TPSA) is 115 Å². The number of nitro groups is 1. The Labute approximate surface area is 161 Å². The SMILES string of the molecule is Cc1ccc2c(CC(=O)Nc3nc4ccc([N+](=O)[O-])cc4s3)cc(=O)oc2c1. The summed E-state index contributed by atoms with van der Waals surface area (Å²) in [5, 5.41) is 14.6. The highest BCUT2D eigenvalue weighted by molar-refractivity contribution is 7.22. The number of carbonyl (C=O) groups is 1. The summed E-state index contributed by atoms with van der Waals surface area (Å²) in [5.41, 5.74) is 1.94. The minimum Gasteiger partial charge on any atom is -0.423 e. The first kappa shape index (κ1) is 17.8. The van der Waals surface area contributed by atoms with Crippen molar-refractivity contribution in [3.05, 3.63) is 74.1 Å². The molecule has 0 aliphatic carbocycles. The fourth-order valence-corrected chi connectivity index (χ4v) is 3.82. The molecule has 0 fully saturated rings. The first-order chi connectivity index (χ1) is 13.4. The van der Waals surface area contributed by atoms with Crippen LogP contribution in [0.4, 0.5) is 10.8 Å². The van der Waals surface area contributed by atoms with Crippen LogP contribution < -0.4 is 10.9 Å². The Morgan fingerprint density at radius 3 is 2.86 bits per heavy atom.